The van der Waals surface area contributed by atoms with Gasteiger partial charge in [-0.15, -0.1) is 11.3 Å². The van der Waals surface area contributed by atoms with Crippen molar-refractivity contribution in [2.45, 2.75) is 44.9 Å². The van der Waals surface area contributed by atoms with Gasteiger partial charge >= 0.3 is 6.18 Å². The Morgan fingerprint density at radius 3 is 2.65 bits per heavy atom. The Morgan fingerprint density at radius 1 is 1.16 bits per heavy atom. The van der Waals surface area contributed by atoms with Crippen molar-refractivity contribution in [1.82, 2.24) is 14.8 Å². The van der Waals surface area contributed by atoms with Crippen LogP contribution in [0.2, 0.25) is 0 Å². The fourth-order valence-corrected chi connectivity index (χ4v) is 5.68. The number of benzene rings is 2. The van der Waals surface area contributed by atoms with Crippen LogP contribution in [0.25, 0.3) is 10.2 Å². The molecule has 11 heteroatoms. The fourth-order valence-electron chi connectivity index (χ4n) is 4.87. The number of aryl methyl sites for hydroxylation is 1. The minimum absolute atomic E-state index is 0.112. The van der Waals surface area contributed by atoms with E-state index in [4.69, 9.17) is 9.57 Å². The summed E-state index contributed by atoms with van der Waals surface area (Å²) < 4.78 is 47.5. The van der Waals surface area contributed by atoms with Gasteiger partial charge in [0.1, 0.15) is 11.9 Å². The van der Waals surface area contributed by atoms with Gasteiger partial charge in [0.2, 0.25) is 0 Å². The molecule has 5 rings (SSSR count). The Labute approximate surface area is 217 Å². The van der Waals surface area contributed by atoms with E-state index in [1.807, 2.05) is 25.1 Å². The monoisotopic (exact) mass is 534 g/mol. The van der Waals surface area contributed by atoms with Gasteiger partial charge in [0.05, 0.1) is 26.5 Å². The van der Waals surface area contributed by atoms with Crippen molar-refractivity contribution in [3.8, 4) is 5.75 Å². The molecule has 3 heterocycles. The van der Waals surface area contributed by atoms with Gasteiger partial charge in [-0.1, -0.05) is 23.4 Å². The van der Waals surface area contributed by atoms with Crippen LogP contribution in [0.5, 0.6) is 5.75 Å². The number of nitrogens with zero attached hydrogens (tertiary/aromatic N) is 4. The van der Waals surface area contributed by atoms with E-state index in [1.54, 1.807) is 24.3 Å². The standard InChI is InChI=1S/C26H29F3N4O3S/c1-16(34)25(35-19-7-8-24-22(14-19)30-17(2)37-24)33-11-9-32(10-12-33)15-18-13-23(36-31-18)20-5-3-4-6-21(20)26(27,28)29/h3-8,14,16,23,25,34H,9-13,15H2,1-2H3. The van der Waals surface area contributed by atoms with Gasteiger partial charge in [0.15, 0.2) is 12.3 Å². The first kappa shape index (κ1) is 25.9. The lowest BCUT2D eigenvalue weighted by Gasteiger charge is -2.40. The molecule has 0 radical (unpaired) electrons. The lowest BCUT2D eigenvalue weighted by atomic mass is 9.98. The molecule has 0 spiro atoms. The van der Waals surface area contributed by atoms with Crippen LogP contribution in [0.1, 0.15) is 35.6 Å². The van der Waals surface area contributed by atoms with Crippen molar-refractivity contribution in [2.75, 3.05) is 32.7 Å². The van der Waals surface area contributed by atoms with E-state index in [0.29, 0.717) is 44.9 Å². The third kappa shape index (κ3) is 5.90. The van der Waals surface area contributed by atoms with Crippen LogP contribution in [0.4, 0.5) is 13.2 Å². The molecule has 1 fully saturated rings. The minimum Gasteiger partial charge on any atom is -0.472 e. The van der Waals surface area contributed by atoms with Gasteiger partial charge in [-0.25, -0.2) is 4.98 Å². The van der Waals surface area contributed by atoms with Crippen molar-refractivity contribution in [2.24, 2.45) is 5.16 Å². The van der Waals surface area contributed by atoms with Gasteiger partial charge in [-0.05, 0) is 32.0 Å². The molecule has 0 saturated carbocycles. The Balaban J connectivity index is 1.16. The highest BCUT2D eigenvalue weighted by molar-refractivity contribution is 7.18. The molecule has 0 aliphatic carbocycles. The molecular weight excluding hydrogens is 505 g/mol. The number of hydrogen-bond acceptors (Lipinski definition) is 8. The molecular formula is C26H29F3N4O3S. The molecule has 198 valence electrons. The first-order valence-electron chi connectivity index (χ1n) is 12.2. The summed E-state index contributed by atoms with van der Waals surface area (Å²) in [6.45, 7) is 6.96. The number of piperazine rings is 1. The van der Waals surface area contributed by atoms with Gasteiger partial charge in [-0.2, -0.15) is 13.2 Å². The van der Waals surface area contributed by atoms with E-state index in [0.717, 1.165) is 27.0 Å². The van der Waals surface area contributed by atoms with Crippen LogP contribution in [0.3, 0.4) is 0 Å². The molecule has 2 aliphatic rings. The summed E-state index contributed by atoms with van der Waals surface area (Å²) in [5, 5.41) is 15.5. The molecule has 3 atom stereocenters. The first-order valence-corrected chi connectivity index (χ1v) is 13.0. The Hall–Kier alpha value is -2.73. The third-order valence-corrected chi connectivity index (χ3v) is 7.60. The van der Waals surface area contributed by atoms with Gasteiger partial charge in [0, 0.05) is 50.8 Å². The normalized spacial score (nSPS) is 21.0. The molecule has 1 saturated heterocycles. The number of hydrogen-bond donors (Lipinski definition) is 1. The van der Waals surface area contributed by atoms with Crippen molar-refractivity contribution in [3.05, 3.63) is 58.6 Å². The predicted molar refractivity (Wildman–Crippen MR) is 136 cm³/mol. The molecule has 3 unspecified atom stereocenters. The first-order chi connectivity index (χ1) is 17.7. The number of fused-ring (bicyclic) bond motifs is 1. The average molecular weight is 535 g/mol. The maximum absolute atomic E-state index is 13.4. The van der Waals surface area contributed by atoms with Crippen molar-refractivity contribution in [3.63, 3.8) is 0 Å². The van der Waals surface area contributed by atoms with E-state index in [1.165, 1.54) is 12.1 Å². The van der Waals surface area contributed by atoms with E-state index in [9.17, 15) is 18.3 Å². The van der Waals surface area contributed by atoms with Crippen molar-refractivity contribution < 1.29 is 27.9 Å². The number of rotatable bonds is 7. The SMILES string of the molecule is Cc1nc2cc(OC(C(C)O)N3CCN(CC4=NOC(c5ccccc5C(F)(F)F)C4)CC3)ccc2s1. The average Bonchev–Trinajstić information content (AvgIpc) is 3.47. The van der Waals surface area contributed by atoms with Crippen LogP contribution in [-0.4, -0.2) is 70.7 Å². The third-order valence-electron chi connectivity index (χ3n) is 6.65. The number of ether oxygens (including phenoxy) is 1. The van der Waals surface area contributed by atoms with Crippen LogP contribution >= 0.6 is 11.3 Å². The van der Waals surface area contributed by atoms with E-state index >= 15 is 0 Å². The van der Waals surface area contributed by atoms with Gasteiger partial charge in [-0.3, -0.25) is 9.80 Å². The molecule has 37 heavy (non-hydrogen) atoms. The number of halogens is 3. The van der Waals surface area contributed by atoms with E-state index < -0.39 is 30.2 Å². The molecule has 1 N–H and O–H groups in total. The highest BCUT2D eigenvalue weighted by Gasteiger charge is 2.37. The Kier molecular flexibility index (Phi) is 7.39. The highest BCUT2D eigenvalue weighted by atomic mass is 32.1. The molecule has 0 amide bonds. The second-order valence-electron chi connectivity index (χ2n) is 9.46. The van der Waals surface area contributed by atoms with Gasteiger partial charge in [0.25, 0.3) is 0 Å². The zero-order chi connectivity index (χ0) is 26.2. The van der Waals surface area contributed by atoms with Crippen molar-refractivity contribution in [1.29, 1.82) is 0 Å². The van der Waals surface area contributed by atoms with E-state index in [-0.39, 0.29) is 5.56 Å². The fraction of sp³-hybridized carbons (Fsp3) is 0.462. The van der Waals surface area contributed by atoms with Gasteiger partial charge < -0.3 is 14.7 Å². The second kappa shape index (κ2) is 10.6. The summed E-state index contributed by atoms with van der Waals surface area (Å²) in [6, 6.07) is 11.3. The minimum atomic E-state index is -4.44. The zero-order valence-corrected chi connectivity index (χ0v) is 21.4. The maximum atomic E-state index is 13.4. The topological polar surface area (TPSA) is 70.4 Å². The largest absolute Gasteiger partial charge is 0.472 e. The summed E-state index contributed by atoms with van der Waals surface area (Å²) in [6.07, 6.45) is -6.06. The maximum Gasteiger partial charge on any atom is 0.416 e. The van der Waals surface area contributed by atoms with Crippen LogP contribution in [-0.2, 0) is 11.0 Å². The van der Waals surface area contributed by atoms with Crippen LogP contribution in [0.15, 0.2) is 47.6 Å². The lowest BCUT2D eigenvalue weighted by molar-refractivity contribution is -0.139. The summed E-state index contributed by atoms with van der Waals surface area (Å²) in [5.74, 6) is 0.661. The predicted octanol–water partition coefficient (Wildman–Crippen LogP) is 4.84. The highest BCUT2D eigenvalue weighted by Crippen LogP contribution is 2.38. The number of thiazole rings is 1. The number of aliphatic hydroxyl groups is 1. The van der Waals surface area contributed by atoms with Crippen LogP contribution in [0, 0.1) is 6.92 Å². The Morgan fingerprint density at radius 2 is 1.92 bits per heavy atom. The molecule has 0 bridgehead atoms. The lowest BCUT2D eigenvalue weighted by Crippen LogP contribution is -2.55. The van der Waals surface area contributed by atoms with E-state index in [2.05, 4.69) is 19.9 Å². The smallest absolute Gasteiger partial charge is 0.416 e. The Bertz CT molecular complexity index is 1270. The quantitative estimate of drug-likeness (QED) is 0.468. The molecule has 2 aromatic carbocycles. The number of aromatic nitrogens is 1. The van der Waals surface area contributed by atoms with Crippen molar-refractivity contribution >= 4 is 27.3 Å². The summed E-state index contributed by atoms with van der Waals surface area (Å²) in [4.78, 5) is 14.2. The molecule has 3 aromatic rings. The summed E-state index contributed by atoms with van der Waals surface area (Å²) in [5.41, 5.74) is 1.04. The molecule has 2 aliphatic heterocycles. The molecule has 7 nitrogen and oxygen atoms in total. The summed E-state index contributed by atoms with van der Waals surface area (Å²) in [7, 11) is 0. The van der Waals surface area contributed by atoms with Crippen LogP contribution < -0.4 is 4.74 Å². The number of oxime groups is 1. The number of aliphatic hydroxyl groups excluding tert-OH is 1. The number of alkyl halides is 3. The molecule has 1 aromatic heterocycles. The second-order valence-corrected chi connectivity index (χ2v) is 10.7. The zero-order valence-electron chi connectivity index (χ0n) is 20.6. The summed E-state index contributed by atoms with van der Waals surface area (Å²) >= 11 is 1.63.